The minimum absolute atomic E-state index is 0.172. The van der Waals surface area contributed by atoms with E-state index >= 15 is 0 Å². The van der Waals surface area contributed by atoms with E-state index in [2.05, 4.69) is 20.3 Å². The van der Waals surface area contributed by atoms with E-state index in [9.17, 15) is 8.42 Å². The first kappa shape index (κ1) is 21.2. The summed E-state index contributed by atoms with van der Waals surface area (Å²) >= 11 is 0. The van der Waals surface area contributed by atoms with Crippen LogP contribution in [0.1, 0.15) is 17.4 Å². The number of rotatable bonds is 6. The predicted octanol–water partition coefficient (Wildman–Crippen LogP) is 2.69. The van der Waals surface area contributed by atoms with Crippen molar-refractivity contribution in [1.82, 2.24) is 19.3 Å². The number of aromatic nitrogens is 3. The third-order valence-electron chi connectivity index (χ3n) is 4.94. The number of sulfonamides is 1. The summed E-state index contributed by atoms with van der Waals surface area (Å²) in [7, 11) is -2.12. The van der Waals surface area contributed by atoms with E-state index in [1.165, 1.54) is 4.31 Å². The summed E-state index contributed by atoms with van der Waals surface area (Å²) in [6.45, 7) is 2.55. The lowest BCUT2D eigenvalue weighted by Gasteiger charge is -2.32. The molecule has 1 saturated heterocycles. The number of benzene rings is 1. The molecule has 1 N–H and O–H groups in total. The van der Waals surface area contributed by atoms with Crippen LogP contribution >= 0.6 is 0 Å². The van der Waals surface area contributed by atoms with Crippen molar-refractivity contribution in [3.05, 3.63) is 66.1 Å². The molecule has 2 aromatic heterocycles. The highest BCUT2D eigenvalue weighted by atomic mass is 32.2. The fourth-order valence-corrected chi connectivity index (χ4v) is 4.87. The van der Waals surface area contributed by atoms with Gasteiger partial charge in [0, 0.05) is 25.5 Å². The maximum absolute atomic E-state index is 13.2. The normalized spacial score (nSPS) is 17.3. The molecule has 3 heterocycles. The minimum Gasteiger partial charge on any atom is -0.496 e. The largest absolute Gasteiger partial charge is 0.496 e. The number of anilines is 2. The van der Waals surface area contributed by atoms with Crippen molar-refractivity contribution in [2.75, 3.05) is 32.1 Å². The average molecular weight is 442 g/mol. The van der Waals surface area contributed by atoms with Crippen molar-refractivity contribution in [1.29, 1.82) is 0 Å². The van der Waals surface area contributed by atoms with E-state index in [0.29, 0.717) is 23.2 Å². The zero-order chi connectivity index (χ0) is 21.8. The molecule has 0 amide bonds. The number of nitrogens with zero attached hydrogens (tertiary/aromatic N) is 4. The quantitative estimate of drug-likeness (QED) is 0.622. The maximum Gasteiger partial charge on any atom is 0.243 e. The molecule has 0 saturated carbocycles. The van der Waals surface area contributed by atoms with Crippen LogP contribution in [0.15, 0.2) is 59.8 Å². The van der Waals surface area contributed by atoms with Gasteiger partial charge in [-0.15, -0.1) is 0 Å². The Morgan fingerprint density at radius 1 is 1.16 bits per heavy atom. The van der Waals surface area contributed by atoms with Crippen LogP contribution in [0.2, 0.25) is 0 Å². The summed E-state index contributed by atoms with van der Waals surface area (Å²) in [4.78, 5) is 13.0. The lowest BCUT2D eigenvalue weighted by atomic mass is 10.2. The topological polar surface area (TPSA) is 107 Å². The Bertz CT molecular complexity index is 1160. The van der Waals surface area contributed by atoms with Crippen LogP contribution in [-0.2, 0) is 14.8 Å². The smallest absolute Gasteiger partial charge is 0.243 e. The van der Waals surface area contributed by atoms with Gasteiger partial charge in [0.25, 0.3) is 0 Å². The number of hydrogen-bond donors (Lipinski definition) is 1. The molecule has 1 atom stereocenters. The van der Waals surface area contributed by atoms with Crippen molar-refractivity contribution in [3.63, 3.8) is 0 Å². The van der Waals surface area contributed by atoms with Crippen LogP contribution in [0.3, 0.4) is 0 Å². The summed E-state index contributed by atoms with van der Waals surface area (Å²) in [6.07, 6.45) is 2.78. The molecular weight excluding hydrogens is 418 g/mol. The molecule has 1 aliphatic rings. The molecule has 9 nitrogen and oxygen atoms in total. The third-order valence-corrected chi connectivity index (χ3v) is 6.80. The van der Waals surface area contributed by atoms with Gasteiger partial charge in [-0.3, -0.25) is 0 Å². The molecule has 10 heteroatoms. The van der Waals surface area contributed by atoms with Crippen molar-refractivity contribution in [2.45, 2.75) is 17.9 Å². The van der Waals surface area contributed by atoms with Gasteiger partial charge in [0.15, 0.2) is 0 Å². The van der Waals surface area contributed by atoms with Gasteiger partial charge >= 0.3 is 0 Å². The molecular formula is C21H23N5O4S. The van der Waals surface area contributed by atoms with E-state index < -0.39 is 16.1 Å². The summed E-state index contributed by atoms with van der Waals surface area (Å²) in [5.41, 5.74) is 1.39. The summed E-state index contributed by atoms with van der Waals surface area (Å²) < 4.78 is 38.9. The highest BCUT2D eigenvalue weighted by molar-refractivity contribution is 7.89. The monoisotopic (exact) mass is 441 g/mol. The van der Waals surface area contributed by atoms with Crippen LogP contribution in [-0.4, -0.2) is 54.5 Å². The van der Waals surface area contributed by atoms with E-state index in [1.54, 1.807) is 49.8 Å². The zero-order valence-corrected chi connectivity index (χ0v) is 18.0. The number of methoxy groups -OCH3 is 1. The standard InChI is InChI=1S/C21H23N5O4S/c1-15-13-16(7-8-18(15)29-2)31(27,28)26-11-12-30-19(14-26)17-5-3-6-20(24-17)25-21-22-9-4-10-23-21/h3-10,13,19H,11-12,14H2,1-2H3,(H,22,23,24,25). The maximum atomic E-state index is 13.2. The third kappa shape index (κ3) is 4.66. The summed E-state index contributed by atoms with van der Waals surface area (Å²) in [5, 5.41) is 3.04. The second-order valence-electron chi connectivity index (χ2n) is 7.00. The van der Waals surface area contributed by atoms with E-state index in [0.717, 1.165) is 5.56 Å². The van der Waals surface area contributed by atoms with E-state index in [1.807, 2.05) is 19.1 Å². The van der Waals surface area contributed by atoms with Gasteiger partial charge in [-0.05, 0) is 48.9 Å². The second kappa shape index (κ2) is 8.96. The molecule has 0 bridgehead atoms. The molecule has 1 unspecified atom stereocenters. The van der Waals surface area contributed by atoms with Crippen molar-refractivity contribution < 1.29 is 17.9 Å². The SMILES string of the molecule is COc1ccc(S(=O)(=O)N2CCOC(c3cccc(Nc4ncccn4)n3)C2)cc1C. The van der Waals surface area contributed by atoms with Crippen molar-refractivity contribution in [3.8, 4) is 5.75 Å². The first-order chi connectivity index (χ1) is 15.0. The molecule has 1 aromatic carbocycles. The number of aryl methyl sites for hydroxylation is 1. The van der Waals surface area contributed by atoms with Crippen LogP contribution < -0.4 is 10.1 Å². The van der Waals surface area contributed by atoms with Gasteiger partial charge in [0.1, 0.15) is 17.7 Å². The molecule has 0 spiro atoms. The Kier molecular flexibility index (Phi) is 6.12. The van der Waals surface area contributed by atoms with Gasteiger partial charge in [-0.1, -0.05) is 6.07 Å². The Morgan fingerprint density at radius 3 is 2.71 bits per heavy atom. The fourth-order valence-electron chi connectivity index (χ4n) is 3.36. The molecule has 1 aliphatic heterocycles. The molecule has 162 valence electrons. The molecule has 3 aromatic rings. The van der Waals surface area contributed by atoms with E-state index in [4.69, 9.17) is 9.47 Å². The Labute approximate surface area is 181 Å². The van der Waals surface area contributed by atoms with Crippen LogP contribution in [0.25, 0.3) is 0 Å². The number of morpholine rings is 1. The highest BCUT2D eigenvalue weighted by Crippen LogP contribution is 2.28. The van der Waals surface area contributed by atoms with Gasteiger partial charge in [-0.2, -0.15) is 4.31 Å². The van der Waals surface area contributed by atoms with Crippen molar-refractivity contribution >= 4 is 21.8 Å². The predicted molar refractivity (Wildman–Crippen MR) is 115 cm³/mol. The van der Waals surface area contributed by atoms with Crippen LogP contribution in [0, 0.1) is 6.92 Å². The first-order valence-corrected chi connectivity index (χ1v) is 11.2. The Hall–Kier alpha value is -3.08. The first-order valence-electron chi connectivity index (χ1n) is 9.75. The lowest BCUT2D eigenvalue weighted by molar-refractivity contribution is -0.00486. The molecule has 1 fully saturated rings. The number of hydrogen-bond acceptors (Lipinski definition) is 8. The summed E-state index contributed by atoms with van der Waals surface area (Å²) in [6, 6.07) is 12.0. The number of pyridine rings is 1. The van der Waals surface area contributed by atoms with Crippen LogP contribution in [0.4, 0.5) is 11.8 Å². The zero-order valence-electron chi connectivity index (χ0n) is 17.2. The van der Waals surface area contributed by atoms with Gasteiger partial charge < -0.3 is 14.8 Å². The Morgan fingerprint density at radius 2 is 1.97 bits per heavy atom. The van der Waals surface area contributed by atoms with Crippen LogP contribution in [0.5, 0.6) is 5.75 Å². The average Bonchev–Trinajstić information content (AvgIpc) is 2.80. The van der Waals surface area contributed by atoms with Gasteiger partial charge in [0.05, 0.1) is 24.3 Å². The molecule has 0 aliphatic carbocycles. The van der Waals surface area contributed by atoms with Gasteiger partial charge in [-0.25, -0.2) is 23.4 Å². The fraction of sp³-hybridized carbons (Fsp3) is 0.286. The highest BCUT2D eigenvalue weighted by Gasteiger charge is 2.32. The summed E-state index contributed by atoms with van der Waals surface area (Å²) in [5.74, 6) is 1.63. The lowest BCUT2D eigenvalue weighted by Crippen LogP contribution is -2.42. The second-order valence-corrected chi connectivity index (χ2v) is 8.94. The van der Waals surface area contributed by atoms with Gasteiger partial charge in [0.2, 0.25) is 16.0 Å². The van der Waals surface area contributed by atoms with E-state index in [-0.39, 0.29) is 24.6 Å². The minimum atomic E-state index is -3.67. The van der Waals surface area contributed by atoms with Crippen molar-refractivity contribution in [2.24, 2.45) is 0 Å². The molecule has 4 rings (SSSR count). The molecule has 0 radical (unpaired) electrons. The number of ether oxygens (including phenoxy) is 2. The molecule has 31 heavy (non-hydrogen) atoms. The Balaban J connectivity index is 1.53. The number of nitrogens with one attached hydrogen (secondary N) is 1.